The molecule has 0 saturated carbocycles. The number of amides is 1. The van der Waals surface area contributed by atoms with Gasteiger partial charge in [0, 0.05) is 20.5 Å². The van der Waals surface area contributed by atoms with E-state index in [2.05, 4.69) is 26.2 Å². The smallest absolute Gasteiger partial charge is 0.275 e. The molecule has 0 aliphatic rings. The van der Waals surface area contributed by atoms with Crippen molar-refractivity contribution in [3.05, 3.63) is 38.8 Å². The third kappa shape index (κ3) is 3.38. The van der Waals surface area contributed by atoms with Gasteiger partial charge in [-0.1, -0.05) is 0 Å². The molecule has 1 N–H and O–H groups in total. The average molecular weight is 396 g/mol. The lowest BCUT2D eigenvalue weighted by Gasteiger charge is -2.10. The Morgan fingerprint density at radius 2 is 2.15 bits per heavy atom. The number of benzene rings is 1. The highest BCUT2D eigenvalue weighted by Gasteiger charge is 2.17. The number of thiazole rings is 1. The summed E-state index contributed by atoms with van der Waals surface area (Å²) in [7, 11) is 1.50. The summed E-state index contributed by atoms with van der Waals surface area (Å²) in [4.78, 5) is 15.8. The molecule has 1 amide bonds. The number of halogens is 2. The molecule has 0 spiro atoms. The molecule has 0 radical (unpaired) electrons. The summed E-state index contributed by atoms with van der Waals surface area (Å²) in [6.45, 7) is 1.60. The van der Waals surface area contributed by atoms with Crippen molar-refractivity contribution in [3.63, 3.8) is 0 Å². The van der Waals surface area contributed by atoms with Gasteiger partial charge in [0.25, 0.3) is 15.0 Å². The first-order valence-corrected chi connectivity index (χ1v) is 9.28. The average Bonchev–Trinajstić information content (AvgIpc) is 2.85. The van der Waals surface area contributed by atoms with Crippen LogP contribution in [0.4, 0.5) is 5.69 Å². The maximum atomic E-state index is 11.9. The van der Waals surface area contributed by atoms with Gasteiger partial charge >= 0.3 is 0 Å². The Kier molecular flexibility index (Phi) is 4.48. The minimum atomic E-state index is -3.83. The number of carbonyl (C=O) groups excluding carboxylic acids is 1. The monoisotopic (exact) mass is 394 g/mol. The van der Waals surface area contributed by atoms with E-state index >= 15 is 0 Å². The van der Waals surface area contributed by atoms with Gasteiger partial charge in [0.05, 0.1) is 16.1 Å². The van der Waals surface area contributed by atoms with E-state index in [0.717, 1.165) is 0 Å². The molecule has 0 bridgehead atoms. The van der Waals surface area contributed by atoms with Gasteiger partial charge in [-0.3, -0.25) is 4.79 Å². The van der Waals surface area contributed by atoms with Crippen LogP contribution in [0, 0.1) is 6.92 Å². The second-order valence-corrected chi connectivity index (χ2v) is 7.97. The van der Waals surface area contributed by atoms with Crippen LogP contribution in [0.3, 0.4) is 0 Å². The van der Waals surface area contributed by atoms with E-state index in [1.165, 1.54) is 23.5 Å². The fourth-order valence-electron chi connectivity index (χ4n) is 1.53. The molecule has 1 aromatic heterocycles. The largest absolute Gasteiger partial charge is 0.320 e. The van der Waals surface area contributed by atoms with Crippen molar-refractivity contribution in [1.29, 1.82) is 0 Å². The van der Waals surface area contributed by atoms with Crippen molar-refractivity contribution in [1.82, 2.24) is 4.98 Å². The maximum Gasteiger partial charge on any atom is 0.275 e. The molecule has 0 saturated heterocycles. The molecule has 0 aliphatic carbocycles. The van der Waals surface area contributed by atoms with Crippen molar-refractivity contribution >= 4 is 58.6 Å². The topological polar surface area (TPSA) is 76.1 Å². The molecule has 5 nitrogen and oxygen atoms in total. The van der Waals surface area contributed by atoms with E-state index in [1.54, 1.807) is 17.8 Å². The Morgan fingerprint density at radius 1 is 1.45 bits per heavy atom. The molecule has 106 valence electrons. The highest BCUT2D eigenvalue weighted by molar-refractivity contribution is 9.10. The zero-order valence-corrected chi connectivity index (χ0v) is 14.0. The molecule has 20 heavy (non-hydrogen) atoms. The molecule has 2 rings (SSSR count). The predicted molar refractivity (Wildman–Crippen MR) is 82.0 cm³/mol. The number of aryl methyl sites for hydroxylation is 1. The van der Waals surface area contributed by atoms with Gasteiger partial charge in [0.15, 0.2) is 0 Å². The normalized spacial score (nSPS) is 11.3. The van der Waals surface area contributed by atoms with Crippen LogP contribution in [-0.4, -0.2) is 19.3 Å². The van der Waals surface area contributed by atoms with Gasteiger partial charge < -0.3 is 5.32 Å². The minimum absolute atomic E-state index is 0.00213. The molecule has 0 atom stereocenters. The minimum Gasteiger partial charge on any atom is -0.320 e. The Labute approximate surface area is 132 Å². The number of anilines is 1. The molecule has 0 aliphatic heterocycles. The highest BCUT2D eigenvalue weighted by atomic mass is 79.9. The van der Waals surface area contributed by atoms with Gasteiger partial charge in [-0.05, 0) is 40.5 Å². The first-order valence-electron chi connectivity index (χ1n) is 5.23. The fourth-order valence-corrected chi connectivity index (χ4v) is 3.86. The Hall–Kier alpha value is -0.960. The lowest BCUT2D eigenvalue weighted by molar-refractivity contribution is 0.102. The lowest BCUT2D eigenvalue weighted by Crippen LogP contribution is -2.13. The second kappa shape index (κ2) is 5.80. The van der Waals surface area contributed by atoms with Crippen LogP contribution in [-0.2, 0) is 9.05 Å². The van der Waals surface area contributed by atoms with Crippen LogP contribution >= 0.6 is 37.9 Å². The third-order valence-electron chi connectivity index (χ3n) is 2.44. The van der Waals surface area contributed by atoms with Crippen molar-refractivity contribution in [2.45, 2.75) is 11.8 Å². The third-order valence-corrected chi connectivity index (χ3v) is 5.15. The van der Waals surface area contributed by atoms with Gasteiger partial charge in [0.2, 0.25) is 0 Å². The quantitative estimate of drug-likeness (QED) is 0.808. The SMILES string of the molecule is Cc1cc(NC(=O)c2cscn2)c(Br)cc1S(=O)(=O)Cl. The number of nitrogens with zero attached hydrogens (tertiary/aromatic N) is 1. The van der Waals surface area contributed by atoms with Gasteiger partial charge in [0.1, 0.15) is 5.69 Å². The Morgan fingerprint density at radius 3 is 2.70 bits per heavy atom. The number of hydrogen-bond donors (Lipinski definition) is 1. The summed E-state index contributed by atoms with van der Waals surface area (Å²) in [5.74, 6) is -0.368. The second-order valence-electron chi connectivity index (χ2n) is 3.86. The van der Waals surface area contributed by atoms with Crippen molar-refractivity contribution in [2.24, 2.45) is 0 Å². The van der Waals surface area contributed by atoms with Crippen molar-refractivity contribution in [3.8, 4) is 0 Å². The molecule has 9 heteroatoms. The molecule has 0 unspecified atom stereocenters. The first kappa shape index (κ1) is 15.4. The summed E-state index contributed by atoms with van der Waals surface area (Å²) < 4.78 is 23.2. The fraction of sp³-hybridized carbons (Fsp3) is 0.0909. The first-order chi connectivity index (χ1) is 9.29. The number of nitrogens with one attached hydrogen (secondary N) is 1. The van der Waals surface area contributed by atoms with E-state index in [1.807, 2.05) is 0 Å². The van der Waals surface area contributed by atoms with Crippen molar-refractivity contribution < 1.29 is 13.2 Å². The van der Waals surface area contributed by atoms with E-state index in [9.17, 15) is 13.2 Å². The number of rotatable bonds is 3. The highest BCUT2D eigenvalue weighted by Crippen LogP contribution is 2.30. The summed E-state index contributed by atoms with van der Waals surface area (Å²) >= 11 is 4.52. The van der Waals surface area contributed by atoms with Crippen LogP contribution in [0.5, 0.6) is 0 Å². The van der Waals surface area contributed by atoms with Crippen LogP contribution < -0.4 is 5.32 Å². The summed E-state index contributed by atoms with van der Waals surface area (Å²) in [6.07, 6.45) is 0. The summed E-state index contributed by atoms with van der Waals surface area (Å²) in [5.41, 5.74) is 2.74. The van der Waals surface area contributed by atoms with E-state index in [4.69, 9.17) is 10.7 Å². The van der Waals surface area contributed by atoms with E-state index in [-0.39, 0.29) is 10.8 Å². The number of carbonyl (C=O) groups is 1. The summed E-state index contributed by atoms with van der Waals surface area (Å²) in [6, 6.07) is 2.89. The van der Waals surface area contributed by atoms with Gasteiger partial charge in [-0.2, -0.15) is 0 Å². The molecule has 0 fully saturated rings. The van der Waals surface area contributed by atoms with Crippen LogP contribution in [0.25, 0.3) is 0 Å². The van der Waals surface area contributed by atoms with Crippen LogP contribution in [0.1, 0.15) is 16.1 Å². The summed E-state index contributed by atoms with van der Waals surface area (Å²) in [5, 5.41) is 4.27. The maximum absolute atomic E-state index is 11.9. The number of hydrogen-bond acceptors (Lipinski definition) is 5. The lowest BCUT2D eigenvalue weighted by atomic mass is 10.2. The van der Waals surface area contributed by atoms with Crippen molar-refractivity contribution in [2.75, 3.05) is 5.32 Å². The zero-order valence-electron chi connectivity index (χ0n) is 10.1. The van der Waals surface area contributed by atoms with Crippen LogP contribution in [0.2, 0.25) is 0 Å². The zero-order chi connectivity index (χ0) is 14.9. The predicted octanol–water partition coefficient (Wildman–Crippen LogP) is 3.39. The molecule has 2 aromatic rings. The Balaban J connectivity index is 2.35. The molecule has 1 aromatic carbocycles. The molecular formula is C11H8BrClN2O3S2. The van der Waals surface area contributed by atoms with Gasteiger partial charge in [-0.15, -0.1) is 11.3 Å². The van der Waals surface area contributed by atoms with E-state index in [0.29, 0.717) is 21.4 Å². The number of aromatic nitrogens is 1. The molecular weight excluding hydrogens is 388 g/mol. The van der Waals surface area contributed by atoms with E-state index < -0.39 is 9.05 Å². The standard InChI is InChI=1S/C11H8BrClN2O3S2/c1-6-2-8(7(12)3-10(6)20(13,17)18)15-11(16)9-4-19-5-14-9/h2-5H,1H3,(H,15,16). The van der Waals surface area contributed by atoms with Crippen LogP contribution in [0.15, 0.2) is 32.4 Å². The molecule has 1 heterocycles. The van der Waals surface area contributed by atoms with Gasteiger partial charge in [-0.25, -0.2) is 13.4 Å². The Bertz CT molecular complexity index is 760.